The Morgan fingerprint density at radius 1 is 0.349 bits per heavy atom. The van der Waals surface area contributed by atoms with Crippen molar-refractivity contribution in [3.63, 3.8) is 0 Å². The summed E-state index contributed by atoms with van der Waals surface area (Å²) >= 11 is 0. The van der Waals surface area contributed by atoms with Crippen molar-refractivity contribution >= 4 is 47.5 Å². The molecule has 0 radical (unpaired) electrons. The number of hydrogen-bond donors (Lipinski definition) is 7. The van der Waals surface area contributed by atoms with Crippen LogP contribution in [0.3, 0.4) is 0 Å². The van der Waals surface area contributed by atoms with Crippen LogP contribution in [0.25, 0.3) is 0 Å². The standard InChI is InChI=1S/C33H47N3O5.C31H42N2O5.2C28H38N2O5/c1-3-4-18-35(19-8-7-17-34)31(37)23-36-22-27(25-14-15-30-26(21-25)16-20-41-30)32(33(38)39)28(36)12-9-11-24-10-5-6-13-29(24)40-2;1-4-6-17-32(5-2)29(34)21-33-20-25(23-14-15-28-24(19-23)16-18-38-28)30(31(35)36)26(33)12-9-11-22-10-7-8-13-27(22)37-3;2*1-4-5-17-29-26(31)19-30-18-23(20-13-15-22(34-2)16-14-20)27(28(32)33)24(30)11-8-10-21-9-6-7-12-25(21)35-3/h5-6,10,13-15,21,27-28,32H,3-4,7-9,11-12,16-20,22-23,34H2,1-2H3,(H,38,39);7-8,10,13-15,19,25-26,30H,4-6,9,11-12,16-18,20-21H2,1-3H3,(H,35,36);2*6-7,9,12-16,23-24,27H,4-5,8,10-11,17-19H2,1-3H3,(H,29,31)(H,32,33)/t27-,28+,32-;25-,26+,30-;2*23-,24+,27-/m1111/s1. The number of likely N-dealkylation sites (N-methyl/N-ethyl adjacent to an activating group) is 1. The number of amides is 4. The summed E-state index contributed by atoms with van der Waals surface area (Å²) in [6.45, 7) is 19.6. The Morgan fingerprint density at radius 3 is 0.946 bits per heavy atom. The van der Waals surface area contributed by atoms with Gasteiger partial charge in [-0.05, 0) is 245 Å². The number of nitrogens with two attached hydrogens (primary N) is 1. The van der Waals surface area contributed by atoms with Crippen molar-refractivity contribution in [2.45, 2.75) is 237 Å². The molecule has 0 aliphatic carbocycles. The number of hydrogen-bond acceptors (Lipinski definition) is 21. The lowest BCUT2D eigenvalue weighted by Crippen LogP contribution is -2.44. The number of rotatable bonds is 55. The van der Waals surface area contributed by atoms with Gasteiger partial charge in [0, 0.05) is 126 Å². The second kappa shape index (κ2) is 61.1. The van der Waals surface area contributed by atoms with E-state index in [9.17, 15) is 58.8 Å². The number of carbonyl (C=O) groups is 8. The quantitative estimate of drug-likeness (QED) is 0.0174. The summed E-state index contributed by atoms with van der Waals surface area (Å²) in [6, 6.07) is 58.3. The van der Waals surface area contributed by atoms with Crippen molar-refractivity contribution in [2.24, 2.45) is 29.4 Å². The van der Waals surface area contributed by atoms with E-state index in [4.69, 9.17) is 43.6 Å². The first-order valence-corrected chi connectivity index (χ1v) is 54.3. The fourth-order valence-corrected chi connectivity index (χ4v) is 22.8. The molecule has 8 aromatic carbocycles. The first kappa shape index (κ1) is 117. The summed E-state index contributed by atoms with van der Waals surface area (Å²) in [4.78, 5) is 115. The molecule has 29 heteroatoms. The molecule has 8 N–H and O–H groups in total. The Kier molecular flexibility index (Phi) is 48.0. The van der Waals surface area contributed by atoms with Crippen LogP contribution in [0.5, 0.6) is 46.0 Å². The van der Waals surface area contributed by atoms with Crippen LogP contribution >= 0.6 is 0 Å². The van der Waals surface area contributed by atoms with Gasteiger partial charge in [-0.3, -0.25) is 58.0 Å². The molecule has 0 saturated carbocycles. The molecule has 4 saturated heterocycles. The smallest absolute Gasteiger partial charge is 0.308 e. The van der Waals surface area contributed by atoms with Crippen molar-refractivity contribution in [3.8, 4) is 46.0 Å². The molecule has 6 aliphatic heterocycles. The number of aliphatic carboxylic acids is 4. The van der Waals surface area contributed by atoms with Crippen LogP contribution in [0.1, 0.15) is 229 Å². The molecule has 149 heavy (non-hydrogen) atoms. The lowest BCUT2D eigenvalue weighted by molar-refractivity contribution is -0.144. The number of para-hydroxylation sites is 4. The zero-order chi connectivity index (χ0) is 107. The molecule has 14 rings (SSSR count). The van der Waals surface area contributed by atoms with Crippen molar-refractivity contribution in [2.75, 3.05) is 154 Å². The maximum Gasteiger partial charge on any atom is 0.308 e. The minimum Gasteiger partial charge on any atom is -0.497 e. The van der Waals surface area contributed by atoms with Crippen LogP contribution in [0, 0.1) is 23.7 Å². The van der Waals surface area contributed by atoms with Gasteiger partial charge in [0.15, 0.2) is 0 Å². The Labute approximate surface area is 882 Å². The molecule has 6 heterocycles. The Hall–Kier alpha value is -12.3. The van der Waals surface area contributed by atoms with E-state index in [-0.39, 0.29) is 97.6 Å². The van der Waals surface area contributed by atoms with Crippen LogP contribution in [-0.4, -0.2) is 276 Å². The molecule has 0 aromatic heterocycles. The largest absolute Gasteiger partial charge is 0.497 e. The number of carboxylic acids is 4. The zero-order valence-electron chi connectivity index (χ0n) is 89.8. The number of ether oxygens (including phenoxy) is 8. The van der Waals surface area contributed by atoms with Gasteiger partial charge in [-0.25, -0.2) is 0 Å². The summed E-state index contributed by atoms with van der Waals surface area (Å²) in [5, 5.41) is 47.5. The third-order valence-electron chi connectivity index (χ3n) is 30.7. The average molecular weight is 2050 g/mol. The number of carboxylic acid groups (broad SMARTS) is 4. The maximum absolute atomic E-state index is 13.7. The van der Waals surface area contributed by atoms with Gasteiger partial charge in [-0.15, -0.1) is 0 Å². The molecule has 0 bridgehead atoms. The maximum atomic E-state index is 13.7. The number of unbranched alkanes of at least 4 members (excludes halogenated alkanes) is 5. The van der Waals surface area contributed by atoms with E-state index in [2.05, 4.69) is 82.2 Å². The molecule has 810 valence electrons. The summed E-state index contributed by atoms with van der Waals surface area (Å²) in [6.07, 6.45) is 20.5. The first-order chi connectivity index (χ1) is 72.4. The molecule has 4 amide bonds. The summed E-state index contributed by atoms with van der Waals surface area (Å²) < 4.78 is 43.9. The third kappa shape index (κ3) is 33.1. The third-order valence-corrected chi connectivity index (χ3v) is 30.7. The van der Waals surface area contributed by atoms with Gasteiger partial charge in [0.05, 0.1) is 106 Å². The molecule has 4 fully saturated rings. The van der Waals surface area contributed by atoms with Crippen LogP contribution < -0.4 is 54.3 Å². The predicted molar refractivity (Wildman–Crippen MR) is 581 cm³/mol. The first-order valence-electron chi connectivity index (χ1n) is 54.3. The number of nitrogens with zero attached hydrogens (tertiary/aromatic N) is 6. The number of methoxy groups -OCH3 is 6. The highest BCUT2D eigenvalue weighted by Crippen LogP contribution is 2.47. The number of nitrogens with one attached hydrogen (secondary N) is 2. The van der Waals surface area contributed by atoms with Crippen molar-refractivity contribution in [1.29, 1.82) is 0 Å². The summed E-state index contributed by atoms with van der Waals surface area (Å²) in [5.41, 5.74) is 16.4. The minimum atomic E-state index is -0.818. The number of likely N-dealkylation sites (tertiary alicyclic amines) is 4. The second-order valence-corrected chi connectivity index (χ2v) is 40.1. The molecule has 29 nitrogen and oxygen atoms in total. The van der Waals surface area contributed by atoms with Gasteiger partial charge >= 0.3 is 23.9 Å². The van der Waals surface area contributed by atoms with Crippen molar-refractivity contribution in [3.05, 3.63) is 238 Å². The molecule has 0 spiro atoms. The predicted octanol–water partition coefficient (Wildman–Crippen LogP) is 17.5. The minimum absolute atomic E-state index is 0.0484. The van der Waals surface area contributed by atoms with E-state index >= 15 is 0 Å². The Balaban J connectivity index is 0.000000189. The number of fused-ring (bicyclic) bond motifs is 2. The molecule has 8 aromatic rings. The van der Waals surface area contributed by atoms with Gasteiger partial charge < -0.3 is 84.5 Å². The van der Waals surface area contributed by atoms with Gasteiger partial charge in [0.25, 0.3) is 0 Å². The fourth-order valence-electron chi connectivity index (χ4n) is 22.8. The van der Waals surface area contributed by atoms with E-state index in [0.29, 0.717) is 97.8 Å². The molecular formula is C120H165N9O20. The van der Waals surface area contributed by atoms with Gasteiger partial charge in [0.2, 0.25) is 23.6 Å². The summed E-state index contributed by atoms with van der Waals surface area (Å²) in [7, 11) is 9.90. The molecule has 0 unspecified atom stereocenters. The number of carbonyl (C=O) groups excluding carboxylic acids is 4. The summed E-state index contributed by atoms with van der Waals surface area (Å²) in [5.74, 6) is 0.387. The highest BCUT2D eigenvalue weighted by atomic mass is 16.5. The van der Waals surface area contributed by atoms with E-state index in [0.717, 1.165) is 243 Å². The van der Waals surface area contributed by atoms with Crippen LogP contribution in [-0.2, 0) is 76.9 Å². The van der Waals surface area contributed by atoms with E-state index in [1.54, 1.807) is 42.7 Å². The molecule has 12 atom stereocenters. The number of benzene rings is 8. The number of aryl methyl sites for hydroxylation is 4. The highest BCUT2D eigenvalue weighted by Gasteiger charge is 2.52. The second-order valence-electron chi connectivity index (χ2n) is 40.1. The fraction of sp³-hybridized carbons (Fsp3) is 0.533. The zero-order valence-corrected chi connectivity index (χ0v) is 89.8. The van der Waals surface area contributed by atoms with Crippen molar-refractivity contribution in [1.82, 2.24) is 40.0 Å². The van der Waals surface area contributed by atoms with Crippen LogP contribution in [0.2, 0.25) is 0 Å². The topological polar surface area (TPSA) is 361 Å². The average Bonchev–Trinajstić information content (AvgIpc) is 1.63. The van der Waals surface area contributed by atoms with Gasteiger partial charge in [-0.1, -0.05) is 175 Å². The SMILES string of the molecule is CCCCN(CC)C(=O)CN1C[C@H](c2ccc3c(c2)CCO3)[C@@H](C(=O)O)[C@@H]1CCCc1ccccc1OC.CCCCN(CCCCN)C(=O)CN1C[C@H](c2ccc3c(c2)CCO3)[C@@H](C(=O)O)[C@@H]1CCCc1ccccc1OC.CCCCNC(=O)CN1C[C@H](c2ccc(OC)cc2)[C@@H](C(=O)O)[C@@H]1CCCc1ccccc1OC.CCCCNC(=O)CN1C[C@H](c2ccc(OC)cc2)[C@@H](C(=O)O)[C@@H]1CCCc1ccccc1OC. The van der Waals surface area contributed by atoms with Gasteiger partial charge in [-0.2, -0.15) is 0 Å². The molecule has 6 aliphatic rings. The normalized spacial score (nSPS) is 20.1. The lowest BCUT2D eigenvalue weighted by Gasteiger charge is -2.30. The van der Waals surface area contributed by atoms with E-state index in [1.807, 2.05) is 174 Å². The highest BCUT2D eigenvalue weighted by molar-refractivity contribution is 5.82. The monoisotopic (exact) mass is 2050 g/mol. The van der Waals surface area contributed by atoms with Crippen LogP contribution in [0.15, 0.2) is 182 Å². The van der Waals surface area contributed by atoms with Gasteiger partial charge in [0.1, 0.15) is 46.0 Å². The van der Waals surface area contributed by atoms with E-state index < -0.39 is 47.5 Å². The Morgan fingerprint density at radius 2 is 0.644 bits per heavy atom. The van der Waals surface area contributed by atoms with Crippen LogP contribution in [0.4, 0.5) is 0 Å². The van der Waals surface area contributed by atoms with Crippen molar-refractivity contribution < 1.29 is 96.7 Å². The lowest BCUT2D eigenvalue weighted by atomic mass is 9.83. The molecular weight excluding hydrogens is 1890 g/mol. The Bertz CT molecular complexity index is 5360. The van der Waals surface area contributed by atoms with E-state index in [1.165, 1.54) is 0 Å².